The lowest BCUT2D eigenvalue weighted by molar-refractivity contribution is -0.112. The van der Waals surface area contributed by atoms with Gasteiger partial charge >= 0.3 is 0 Å². The van der Waals surface area contributed by atoms with Crippen molar-refractivity contribution in [3.05, 3.63) is 76.1 Å². The van der Waals surface area contributed by atoms with Gasteiger partial charge in [0.1, 0.15) is 11.8 Å². The van der Waals surface area contributed by atoms with Crippen molar-refractivity contribution in [2.75, 3.05) is 11.9 Å². The van der Waals surface area contributed by atoms with Crippen LogP contribution in [0.1, 0.15) is 11.1 Å². The number of benzene rings is 2. The van der Waals surface area contributed by atoms with Gasteiger partial charge in [0.2, 0.25) is 0 Å². The minimum Gasteiger partial charge on any atom is -0.463 e. The SMILES string of the molecule is CN1C(=O)C(=Cc2coc3ccccc3c2=O)c2ccccc21. The molecule has 4 nitrogen and oxygen atoms in total. The second kappa shape index (κ2) is 4.95. The first-order valence-corrected chi connectivity index (χ1v) is 7.26. The van der Waals surface area contributed by atoms with Crippen LogP contribution in [-0.4, -0.2) is 13.0 Å². The minimum atomic E-state index is -0.140. The van der Waals surface area contributed by atoms with Crippen molar-refractivity contribution in [1.82, 2.24) is 0 Å². The molecule has 2 aromatic carbocycles. The molecule has 1 amide bonds. The van der Waals surface area contributed by atoms with Crippen LogP contribution in [0.15, 0.2) is 64.0 Å². The first-order valence-electron chi connectivity index (χ1n) is 7.26. The van der Waals surface area contributed by atoms with Crippen molar-refractivity contribution in [1.29, 1.82) is 0 Å². The van der Waals surface area contributed by atoms with Gasteiger partial charge in [-0.3, -0.25) is 9.59 Å². The predicted octanol–water partition coefficient (Wildman–Crippen LogP) is 3.31. The van der Waals surface area contributed by atoms with Gasteiger partial charge in [-0.05, 0) is 24.3 Å². The van der Waals surface area contributed by atoms with Crippen molar-refractivity contribution in [2.24, 2.45) is 0 Å². The molecule has 0 fully saturated rings. The molecule has 23 heavy (non-hydrogen) atoms. The fourth-order valence-electron chi connectivity index (χ4n) is 2.89. The van der Waals surface area contributed by atoms with Crippen LogP contribution in [0.4, 0.5) is 5.69 Å². The van der Waals surface area contributed by atoms with E-state index in [1.807, 2.05) is 30.3 Å². The van der Waals surface area contributed by atoms with Crippen LogP contribution in [0.25, 0.3) is 22.6 Å². The van der Waals surface area contributed by atoms with Gasteiger partial charge in [0, 0.05) is 12.6 Å². The van der Waals surface area contributed by atoms with Crippen LogP contribution >= 0.6 is 0 Å². The lowest BCUT2D eigenvalue weighted by Crippen LogP contribution is -2.20. The Morgan fingerprint density at radius 3 is 2.61 bits per heavy atom. The topological polar surface area (TPSA) is 50.5 Å². The largest absolute Gasteiger partial charge is 0.463 e. The quantitative estimate of drug-likeness (QED) is 0.648. The van der Waals surface area contributed by atoms with Crippen LogP contribution in [-0.2, 0) is 4.79 Å². The van der Waals surface area contributed by atoms with E-state index in [2.05, 4.69) is 0 Å². The molecular weight excluding hydrogens is 290 g/mol. The molecule has 2 heterocycles. The number of hydrogen-bond donors (Lipinski definition) is 0. The van der Waals surface area contributed by atoms with Crippen LogP contribution in [0, 0.1) is 0 Å². The summed E-state index contributed by atoms with van der Waals surface area (Å²) in [7, 11) is 1.73. The fourth-order valence-corrected chi connectivity index (χ4v) is 2.89. The summed E-state index contributed by atoms with van der Waals surface area (Å²) in [6, 6.07) is 14.6. The summed E-state index contributed by atoms with van der Waals surface area (Å²) in [5.41, 5.74) is 2.94. The molecule has 1 aliphatic heterocycles. The lowest BCUT2D eigenvalue weighted by atomic mass is 10.0. The highest BCUT2D eigenvalue weighted by molar-refractivity contribution is 6.35. The van der Waals surface area contributed by atoms with Gasteiger partial charge in [-0.15, -0.1) is 0 Å². The summed E-state index contributed by atoms with van der Waals surface area (Å²) in [4.78, 5) is 26.6. The molecule has 0 N–H and O–H groups in total. The highest BCUT2D eigenvalue weighted by Gasteiger charge is 2.29. The summed E-state index contributed by atoms with van der Waals surface area (Å²) in [6.45, 7) is 0. The summed E-state index contributed by atoms with van der Waals surface area (Å²) < 4.78 is 5.51. The van der Waals surface area contributed by atoms with Gasteiger partial charge in [-0.25, -0.2) is 0 Å². The van der Waals surface area contributed by atoms with Gasteiger partial charge in [0.15, 0.2) is 5.43 Å². The van der Waals surface area contributed by atoms with Crippen LogP contribution in [0.5, 0.6) is 0 Å². The van der Waals surface area contributed by atoms with E-state index in [-0.39, 0.29) is 11.3 Å². The standard InChI is InChI=1S/C19H13NO3/c1-20-16-8-4-2-6-13(16)15(19(20)22)10-12-11-23-17-9-5-3-7-14(17)18(12)21/h2-11H,1H3. The summed E-state index contributed by atoms with van der Waals surface area (Å²) in [5.74, 6) is -0.126. The van der Waals surface area contributed by atoms with E-state index in [0.717, 1.165) is 11.3 Å². The number of para-hydroxylation sites is 2. The molecule has 112 valence electrons. The third-order valence-corrected chi connectivity index (χ3v) is 4.10. The summed E-state index contributed by atoms with van der Waals surface area (Å²) in [6.07, 6.45) is 3.02. The molecule has 4 heteroatoms. The second-order valence-corrected chi connectivity index (χ2v) is 5.46. The van der Waals surface area contributed by atoms with E-state index in [1.165, 1.54) is 6.26 Å². The second-order valence-electron chi connectivity index (χ2n) is 5.46. The Bertz CT molecular complexity index is 1030. The first kappa shape index (κ1) is 13.5. The Morgan fingerprint density at radius 1 is 1.00 bits per heavy atom. The molecule has 0 radical (unpaired) electrons. The molecule has 1 aromatic heterocycles. The van der Waals surface area contributed by atoms with Gasteiger partial charge in [-0.1, -0.05) is 30.3 Å². The van der Waals surface area contributed by atoms with Gasteiger partial charge in [-0.2, -0.15) is 0 Å². The highest BCUT2D eigenvalue weighted by atomic mass is 16.3. The Hall–Kier alpha value is -3.14. The molecule has 0 saturated heterocycles. The number of amides is 1. The van der Waals surface area contributed by atoms with Crippen molar-refractivity contribution >= 4 is 34.2 Å². The number of anilines is 1. The van der Waals surface area contributed by atoms with Gasteiger partial charge in [0.05, 0.1) is 22.2 Å². The molecule has 4 rings (SSSR count). The van der Waals surface area contributed by atoms with Crippen LogP contribution in [0.2, 0.25) is 0 Å². The number of rotatable bonds is 1. The van der Waals surface area contributed by atoms with E-state index in [4.69, 9.17) is 4.42 Å². The maximum absolute atomic E-state index is 12.6. The average Bonchev–Trinajstić information content (AvgIpc) is 2.83. The molecule has 0 atom stereocenters. The molecule has 0 spiro atoms. The Kier molecular flexibility index (Phi) is 2.91. The van der Waals surface area contributed by atoms with Crippen LogP contribution < -0.4 is 10.3 Å². The monoisotopic (exact) mass is 303 g/mol. The van der Waals surface area contributed by atoms with Gasteiger partial charge in [0.25, 0.3) is 5.91 Å². The number of hydrogen-bond acceptors (Lipinski definition) is 3. The predicted molar refractivity (Wildman–Crippen MR) is 90.2 cm³/mol. The first-order chi connectivity index (χ1) is 11.2. The number of carbonyl (C=O) groups is 1. The Balaban J connectivity index is 1.93. The lowest BCUT2D eigenvalue weighted by Gasteiger charge is -2.07. The van der Waals surface area contributed by atoms with Crippen LogP contribution in [0.3, 0.4) is 0 Å². The maximum atomic E-state index is 12.6. The third-order valence-electron chi connectivity index (χ3n) is 4.10. The smallest absolute Gasteiger partial charge is 0.258 e. The average molecular weight is 303 g/mol. The maximum Gasteiger partial charge on any atom is 0.258 e. The zero-order valence-corrected chi connectivity index (χ0v) is 12.4. The number of likely N-dealkylation sites (N-methyl/N-ethyl adjacent to an activating group) is 1. The third kappa shape index (κ3) is 1.99. The molecule has 3 aromatic rings. The zero-order chi connectivity index (χ0) is 16.0. The molecule has 0 saturated carbocycles. The normalized spacial score (nSPS) is 15.4. The van der Waals surface area contributed by atoms with Crippen molar-refractivity contribution in [2.45, 2.75) is 0 Å². The molecule has 0 bridgehead atoms. The molecular formula is C19H13NO3. The van der Waals surface area contributed by atoms with Crippen molar-refractivity contribution in [3.8, 4) is 0 Å². The van der Waals surface area contributed by atoms with Crippen molar-refractivity contribution in [3.63, 3.8) is 0 Å². The number of nitrogens with zero attached hydrogens (tertiary/aromatic N) is 1. The fraction of sp³-hybridized carbons (Fsp3) is 0.0526. The van der Waals surface area contributed by atoms with Gasteiger partial charge < -0.3 is 9.32 Å². The summed E-state index contributed by atoms with van der Waals surface area (Å²) >= 11 is 0. The summed E-state index contributed by atoms with van der Waals surface area (Å²) in [5, 5.41) is 0.508. The van der Waals surface area contributed by atoms with Crippen molar-refractivity contribution < 1.29 is 9.21 Å². The van der Waals surface area contributed by atoms with E-state index in [1.54, 1.807) is 36.2 Å². The molecule has 0 unspecified atom stereocenters. The Labute approximate surface area is 132 Å². The van der Waals surface area contributed by atoms with E-state index >= 15 is 0 Å². The number of fused-ring (bicyclic) bond motifs is 2. The minimum absolute atomic E-state index is 0.126. The van der Waals surface area contributed by atoms with E-state index in [9.17, 15) is 9.59 Å². The van der Waals surface area contributed by atoms with E-state index < -0.39 is 0 Å². The molecule has 0 aliphatic carbocycles. The van der Waals surface area contributed by atoms with E-state index in [0.29, 0.717) is 22.1 Å². The number of carbonyl (C=O) groups excluding carboxylic acids is 1. The Morgan fingerprint density at radius 2 is 1.74 bits per heavy atom. The zero-order valence-electron chi connectivity index (χ0n) is 12.4. The highest BCUT2D eigenvalue weighted by Crippen LogP contribution is 2.36. The molecule has 1 aliphatic rings.